The van der Waals surface area contributed by atoms with Crippen molar-refractivity contribution < 1.29 is 8.83 Å². The molecule has 0 saturated heterocycles. The van der Waals surface area contributed by atoms with E-state index in [-0.39, 0.29) is 0 Å². The highest BCUT2D eigenvalue weighted by Gasteiger charge is 2.15. The zero-order valence-corrected chi connectivity index (χ0v) is 11.5. The van der Waals surface area contributed by atoms with E-state index in [4.69, 9.17) is 14.7 Å². The first kappa shape index (κ1) is 12.7. The monoisotopic (exact) mass is 292 g/mol. The van der Waals surface area contributed by atoms with Gasteiger partial charge in [0.1, 0.15) is 0 Å². The van der Waals surface area contributed by atoms with Crippen LogP contribution in [0.25, 0.3) is 11.6 Å². The number of hydrogen-bond donors (Lipinski definition) is 1. The third-order valence-electron chi connectivity index (χ3n) is 2.54. The molecule has 0 bridgehead atoms. The van der Waals surface area contributed by atoms with Gasteiger partial charge in [0.05, 0.1) is 12.0 Å². The number of nitrogens with zero attached hydrogens (tertiary/aromatic N) is 5. The van der Waals surface area contributed by atoms with E-state index in [0.29, 0.717) is 40.7 Å². The maximum atomic E-state index is 5.93. The summed E-state index contributed by atoms with van der Waals surface area (Å²) < 4.78 is 12.0. The lowest BCUT2D eigenvalue weighted by molar-refractivity contribution is 0.469. The quantitative estimate of drug-likeness (QED) is 0.556. The molecule has 0 amide bonds. The Bertz CT molecular complexity index is 690. The molecule has 20 heavy (non-hydrogen) atoms. The molecule has 3 heterocycles. The van der Waals surface area contributed by atoms with Crippen LogP contribution in [0.2, 0.25) is 0 Å². The Labute approximate surface area is 118 Å². The number of rotatable bonds is 5. The van der Waals surface area contributed by atoms with Gasteiger partial charge in [-0.25, -0.2) is 4.68 Å². The first-order valence-electron chi connectivity index (χ1n) is 5.96. The van der Waals surface area contributed by atoms with Crippen molar-refractivity contribution in [2.75, 3.05) is 5.84 Å². The van der Waals surface area contributed by atoms with E-state index in [1.54, 1.807) is 18.4 Å². The minimum atomic E-state index is 0.470. The van der Waals surface area contributed by atoms with Crippen molar-refractivity contribution in [1.82, 2.24) is 25.1 Å². The van der Waals surface area contributed by atoms with Crippen molar-refractivity contribution in [1.29, 1.82) is 0 Å². The Morgan fingerprint density at radius 1 is 1.25 bits per heavy atom. The first-order chi connectivity index (χ1) is 9.78. The summed E-state index contributed by atoms with van der Waals surface area (Å²) in [5, 5.41) is 16.4. The van der Waals surface area contributed by atoms with Gasteiger partial charge in [0.25, 0.3) is 0 Å². The molecule has 0 fully saturated rings. The predicted octanol–water partition coefficient (Wildman–Crippen LogP) is 1.49. The second-order valence-corrected chi connectivity index (χ2v) is 4.83. The standard InChI is InChI=1S/C11H12N6O2S/c1-2-8-13-14-9(19-8)6-20-11-16-15-10(17(11)12)7-4-3-5-18-7/h3-5H,2,6,12H2,1H3. The van der Waals surface area contributed by atoms with Crippen LogP contribution < -0.4 is 5.84 Å². The molecule has 0 aliphatic carbocycles. The van der Waals surface area contributed by atoms with Gasteiger partial charge in [0.2, 0.25) is 22.8 Å². The number of aryl methyl sites for hydroxylation is 1. The van der Waals surface area contributed by atoms with Gasteiger partial charge < -0.3 is 14.7 Å². The molecule has 3 aromatic heterocycles. The van der Waals surface area contributed by atoms with Crippen molar-refractivity contribution in [3.63, 3.8) is 0 Å². The molecular weight excluding hydrogens is 280 g/mol. The zero-order chi connectivity index (χ0) is 13.9. The van der Waals surface area contributed by atoms with E-state index in [2.05, 4.69) is 20.4 Å². The van der Waals surface area contributed by atoms with E-state index < -0.39 is 0 Å². The second kappa shape index (κ2) is 5.37. The third kappa shape index (κ3) is 2.39. The molecule has 9 heteroatoms. The van der Waals surface area contributed by atoms with Gasteiger partial charge in [-0.1, -0.05) is 18.7 Å². The molecule has 0 atom stereocenters. The van der Waals surface area contributed by atoms with Crippen LogP contribution in [-0.4, -0.2) is 25.1 Å². The molecule has 3 aromatic rings. The average molecular weight is 292 g/mol. The van der Waals surface area contributed by atoms with Crippen LogP contribution in [0.1, 0.15) is 18.7 Å². The van der Waals surface area contributed by atoms with Gasteiger partial charge in [-0.3, -0.25) is 0 Å². The fourth-order valence-electron chi connectivity index (χ4n) is 1.57. The first-order valence-corrected chi connectivity index (χ1v) is 6.95. The van der Waals surface area contributed by atoms with Gasteiger partial charge >= 0.3 is 0 Å². The van der Waals surface area contributed by atoms with E-state index in [1.807, 2.05) is 6.92 Å². The summed E-state index contributed by atoms with van der Waals surface area (Å²) in [7, 11) is 0. The summed E-state index contributed by atoms with van der Waals surface area (Å²) in [5.41, 5.74) is 0. The lowest BCUT2D eigenvalue weighted by atomic mass is 10.4. The Morgan fingerprint density at radius 2 is 2.10 bits per heavy atom. The fourth-order valence-corrected chi connectivity index (χ4v) is 2.26. The van der Waals surface area contributed by atoms with E-state index >= 15 is 0 Å². The summed E-state index contributed by atoms with van der Waals surface area (Å²) in [5.74, 6) is 8.61. The van der Waals surface area contributed by atoms with E-state index in [0.717, 1.165) is 0 Å². The molecule has 104 valence electrons. The number of nitrogen functional groups attached to an aromatic ring is 1. The summed E-state index contributed by atoms with van der Waals surface area (Å²) >= 11 is 1.37. The van der Waals surface area contributed by atoms with Crippen molar-refractivity contribution in [2.45, 2.75) is 24.3 Å². The van der Waals surface area contributed by atoms with Crippen LogP contribution in [0.4, 0.5) is 0 Å². The van der Waals surface area contributed by atoms with Gasteiger partial charge in [-0.2, -0.15) is 0 Å². The van der Waals surface area contributed by atoms with Crippen molar-refractivity contribution in [3.05, 3.63) is 30.2 Å². The van der Waals surface area contributed by atoms with E-state index in [9.17, 15) is 0 Å². The Hall–Kier alpha value is -2.29. The summed E-state index contributed by atoms with van der Waals surface area (Å²) in [6.07, 6.45) is 2.27. The Balaban J connectivity index is 1.72. The molecule has 0 saturated carbocycles. The highest BCUT2D eigenvalue weighted by Crippen LogP contribution is 2.24. The fraction of sp³-hybridized carbons (Fsp3) is 0.273. The molecule has 0 unspecified atom stereocenters. The smallest absolute Gasteiger partial charge is 0.226 e. The van der Waals surface area contributed by atoms with Crippen LogP contribution in [0.5, 0.6) is 0 Å². The second-order valence-electron chi connectivity index (χ2n) is 3.89. The molecule has 0 radical (unpaired) electrons. The van der Waals surface area contributed by atoms with Gasteiger partial charge in [0.15, 0.2) is 5.76 Å². The van der Waals surface area contributed by atoms with Crippen LogP contribution in [0.15, 0.2) is 32.4 Å². The van der Waals surface area contributed by atoms with Crippen LogP contribution in [0, 0.1) is 0 Å². The van der Waals surface area contributed by atoms with Crippen LogP contribution in [0.3, 0.4) is 0 Å². The number of thioether (sulfide) groups is 1. The topological polar surface area (TPSA) is 109 Å². The maximum Gasteiger partial charge on any atom is 0.226 e. The highest BCUT2D eigenvalue weighted by atomic mass is 32.2. The van der Waals surface area contributed by atoms with Gasteiger partial charge in [-0.05, 0) is 12.1 Å². The molecule has 3 rings (SSSR count). The Morgan fingerprint density at radius 3 is 2.80 bits per heavy atom. The number of aromatic nitrogens is 5. The highest BCUT2D eigenvalue weighted by molar-refractivity contribution is 7.98. The lowest BCUT2D eigenvalue weighted by Gasteiger charge is -1.99. The minimum Gasteiger partial charge on any atom is -0.461 e. The van der Waals surface area contributed by atoms with Crippen molar-refractivity contribution in [2.24, 2.45) is 0 Å². The van der Waals surface area contributed by atoms with Crippen molar-refractivity contribution >= 4 is 11.8 Å². The van der Waals surface area contributed by atoms with Crippen LogP contribution in [-0.2, 0) is 12.2 Å². The molecule has 0 spiro atoms. The molecule has 0 aliphatic rings. The van der Waals surface area contributed by atoms with E-state index in [1.165, 1.54) is 16.4 Å². The molecule has 2 N–H and O–H groups in total. The molecule has 0 aromatic carbocycles. The number of nitrogens with two attached hydrogens (primary N) is 1. The summed E-state index contributed by atoms with van der Waals surface area (Å²) in [6.45, 7) is 1.95. The zero-order valence-electron chi connectivity index (χ0n) is 10.7. The summed E-state index contributed by atoms with van der Waals surface area (Å²) in [6, 6.07) is 3.54. The lowest BCUT2D eigenvalue weighted by Crippen LogP contribution is -2.11. The third-order valence-corrected chi connectivity index (χ3v) is 3.47. The van der Waals surface area contributed by atoms with Crippen molar-refractivity contribution in [3.8, 4) is 11.6 Å². The molecule has 0 aliphatic heterocycles. The molecular formula is C11H12N6O2S. The SMILES string of the molecule is CCc1nnc(CSc2nnc(-c3ccco3)n2N)o1. The number of hydrogen-bond acceptors (Lipinski definition) is 8. The summed E-state index contributed by atoms with van der Waals surface area (Å²) in [4.78, 5) is 0. The normalized spacial score (nSPS) is 11.1. The van der Waals surface area contributed by atoms with Gasteiger partial charge in [-0.15, -0.1) is 20.4 Å². The average Bonchev–Trinajstić information content (AvgIpc) is 3.17. The number of furan rings is 1. The van der Waals surface area contributed by atoms with Crippen LogP contribution >= 0.6 is 11.8 Å². The molecule has 8 nitrogen and oxygen atoms in total. The maximum absolute atomic E-state index is 5.93. The Kier molecular flexibility index (Phi) is 3.42. The largest absolute Gasteiger partial charge is 0.461 e. The predicted molar refractivity (Wildman–Crippen MR) is 71.1 cm³/mol. The minimum absolute atomic E-state index is 0.470. The van der Waals surface area contributed by atoms with Gasteiger partial charge in [0, 0.05) is 6.42 Å².